The predicted molar refractivity (Wildman–Crippen MR) is 163 cm³/mol. The summed E-state index contributed by atoms with van der Waals surface area (Å²) in [5.41, 5.74) is 10.4. The molecule has 5 nitrogen and oxygen atoms in total. The number of hydrogen-bond acceptors (Lipinski definition) is 5. The fraction of sp³-hybridized carbons (Fsp3) is 0.344. The fourth-order valence-electron chi connectivity index (χ4n) is 3.85. The molecule has 0 aliphatic carbocycles. The smallest absolute Gasteiger partial charge is 0.119 e. The van der Waals surface area contributed by atoms with Gasteiger partial charge in [-0.05, 0) is 65.4 Å². The molecule has 0 spiro atoms. The van der Waals surface area contributed by atoms with E-state index in [1.807, 2.05) is 17.0 Å². The maximum absolute atomic E-state index is 8.25. The van der Waals surface area contributed by atoms with Gasteiger partial charge in [-0.15, -0.1) is 11.8 Å². The van der Waals surface area contributed by atoms with Crippen molar-refractivity contribution in [2.75, 3.05) is 38.8 Å². The van der Waals surface area contributed by atoms with Crippen molar-refractivity contribution in [1.82, 2.24) is 4.90 Å². The Balaban J connectivity index is 1.51. The van der Waals surface area contributed by atoms with Crippen molar-refractivity contribution in [2.45, 2.75) is 38.0 Å². The van der Waals surface area contributed by atoms with Gasteiger partial charge in [-0.1, -0.05) is 74.9 Å². The van der Waals surface area contributed by atoms with Crippen LogP contribution in [0.2, 0.25) is 0 Å². The first-order valence-corrected chi connectivity index (χ1v) is 14.5. The molecule has 0 aliphatic heterocycles. The van der Waals surface area contributed by atoms with Crippen LogP contribution in [0.4, 0.5) is 0 Å². The van der Waals surface area contributed by atoms with Crippen LogP contribution in [0.3, 0.4) is 0 Å². The highest BCUT2D eigenvalue weighted by Gasteiger charge is 2.07. The summed E-state index contributed by atoms with van der Waals surface area (Å²) in [6.07, 6.45) is 7.50. The molecule has 0 fully saturated rings. The third-order valence-corrected chi connectivity index (χ3v) is 7.06. The summed E-state index contributed by atoms with van der Waals surface area (Å²) < 4.78 is 11.3. The van der Waals surface area contributed by atoms with Crippen LogP contribution in [0.1, 0.15) is 44.2 Å². The Morgan fingerprint density at radius 1 is 0.868 bits per heavy atom. The molecule has 0 atom stereocenters. The lowest BCUT2D eigenvalue weighted by Crippen LogP contribution is -2.37. The molecular weight excluding hydrogens is 490 g/mol. The molecule has 0 saturated heterocycles. The van der Waals surface area contributed by atoms with E-state index in [2.05, 4.69) is 86.7 Å². The van der Waals surface area contributed by atoms with Crippen LogP contribution in [-0.4, -0.2) is 49.5 Å². The minimum Gasteiger partial charge on any atom is -0.491 e. The second-order valence-electron chi connectivity index (χ2n) is 9.05. The van der Waals surface area contributed by atoms with E-state index in [0.29, 0.717) is 31.5 Å². The average molecular weight is 532 g/mol. The monoisotopic (exact) mass is 531 g/mol. The molecule has 0 unspecified atom stereocenters. The van der Waals surface area contributed by atoms with Crippen LogP contribution in [0.5, 0.6) is 5.75 Å². The highest BCUT2D eigenvalue weighted by molar-refractivity contribution is 8.00. The van der Waals surface area contributed by atoms with Gasteiger partial charge in [0, 0.05) is 18.0 Å². The average Bonchev–Trinajstić information content (AvgIpc) is 2.96. The molecule has 0 heterocycles. The molecule has 0 saturated carbocycles. The minimum absolute atomic E-state index is 0.396. The van der Waals surface area contributed by atoms with Crippen molar-refractivity contribution in [3.05, 3.63) is 83.9 Å². The lowest BCUT2D eigenvalue weighted by atomic mass is 10.0. The van der Waals surface area contributed by atoms with E-state index in [9.17, 15) is 0 Å². The third kappa shape index (κ3) is 10.0. The Kier molecular flexibility index (Phi) is 13.0. The topological polar surface area (TPSA) is 71.6 Å². The molecular formula is C32H41N3O2S. The summed E-state index contributed by atoms with van der Waals surface area (Å²) in [4.78, 5) is 3.07. The van der Waals surface area contributed by atoms with Crippen molar-refractivity contribution in [3.63, 3.8) is 0 Å². The molecule has 0 radical (unpaired) electrons. The number of rotatable bonds is 16. The van der Waals surface area contributed by atoms with E-state index in [4.69, 9.17) is 20.6 Å². The minimum atomic E-state index is 0.396. The van der Waals surface area contributed by atoms with E-state index in [-0.39, 0.29) is 0 Å². The van der Waals surface area contributed by atoms with E-state index in [1.165, 1.54) is 5.56 Å². The fourth-order valence-corrected chi connectivity index (χ4v) is 4.66. The maximum atomic E-state index is 8.25. The van der Waals surface area contributed by atoms with Crippen molar-refractivity contribution in [1.29, 1.82) is 5.41 Å². The number of benzene rings is 3. The highest BCUT2D eigenvalue weighted by Crippen LogP contribution is 2.25. The number of nitrogens with two attached hydrogens (primary N) is 1. The van der Waals surface area contributed by atoms with Gasteiger partial charge in [-0.25, -0.2) is 0 Å². The summed E-state index contributed by atoms with van der Waals surface area (Å²) >= 11 is 1.67. The summed E-state index contributed by atoms with van der Waals surface area (Å²) in [6.45, 7) is 7.48. The molecule has 3 aromatic rings. The number of unbranched alkanes of at least 4 members (excludes halogenated alkanes) is 1. The zero-order valence-electron chi connectivity index (χ0n) is 22.7. The van der Waals surface area contributed by atoms with Crippen LogP contribution < -0.4 is 10.5 Å². The first-order chi connectivity index (χ1) is 18.6. The summed E-state index contributed by atoms with van der Waals surface area (Å²) in [5, 5.41) is 8.25. The Morgan fingerprint density at radius 2 is 1.63 bits per heavy atom. The third-order valence-electron chi connectivity index (χ3n) is 6.03. The number of amidine groups is 1. The molecule has 3 rings (SSSR count). The lowest BCUT2D eigenvalue weighted by molar-refractivity contribution is 0.0981. The van der Waals surface area contributed by atoms with Crippen molar-refractivity contribution in [3.8, 4) is 16.9 Å². The highest BCUT2D eigenvalue weighted by atomic mass is 32.2. The summed E-state index contributed by atoms with van der Waals surface area (Å²) in [7, 11) is 0. The van der Waals surface area contributed by atoms with Gasteiger partial charge in [0.1, 0.15) is 18.2 Å². The molecule has 0 aliphatic rings. The first kappa shape index (κ1) is 29.5. The quantitative estimate of drug-likeness (QED) is 0.0503. The zero-order valence-corrected chi connectivity index (χ0v) is 23.5. The molecule has 202 valence electrons. The number of ether oxygens (including phenoxy) is 2. The molecule has 0 amide bonds. The van der Waals surface area contributed by atoms with Gasteiger partial charge in [0.15, 0.2) is 0 Å². The number of thioether (sulfide) groups is 1. The molecule has 6 heteroatoms. The summed E-state index contributed by atoms with van der Waals surface area (Å²) in [6, 6.07) is 25.2. The van der Waals surface area contributed by atoms with Gasteiger partial charge in [0.25, 0.3) is 0 Å². The van der Waals surface area contributed by atoms with Crippen molar-refractivity contribution < 1.29 is 9.47 Å². The van der Waals surface area contributed by atoms with Crippen LogP contribution in [-0.2, 0) is 4.74 Å². The van der Waals surface area contributed by atoms with Crippen LogP contribution in [0, 0.1) is 5.41 Å². The molecule has 3 aromatic carbocycles. The second kappa shape index (κ2) is 16.7. The van der Waals surface area contributed by atoms with Gasteiger partial charge >= 0.3 is 0 Å². The van der Waals surface area contributed by atoms with E-state index in [0.717, 1.165) is 59.7 Å². The van der Waals surface area contributed by atoms with Crippen LogP contribution in [0.15, 0.2) is 77.7 Å². The van der Waals surface area contributed by atoms with Gasteiger partial charge < -0.3 is 20.1 Å². The number of nitrogens with one attached hydrogen (secondary N) is 1. The van der Waals surface area contributed by atoms with Gasteiger partial charge in [0.2, 0.25) is 0 Å². The SMILES string of the molecule is CCCCOCCOc1ccc(-c2cccc(/C=C/c3ccc(SCC(=N)N(CN)CCC)cc3)c2)cc1. The van der Waals surface area contributed by atoms with Crippen molar-refractivity contribution >= 4 is 29.7 Å². The number of hydrogen-bond donors (Lipinski definition) is 2. The van der Waals surface area contributed by atoms with Crippen LogP contribution >= 0.6 is 11.8 Å². The lowest BCUT2D eigenvalue weighted by Gasteiger charge is -2.22. The Hall–Kier alpha value is -3.06. The van der Waals surface area contributed by atoms with Gasteiger partial charge in [-0.3, -0.25) is 5.41 Å². The Labute approximate surface area is 232 Å². The molecule has 38 heavy (non-hydrogen) atoms. The Morgan fingerprint density at radius 3 is 2.34 bits per heavy atom. The molecule has 0 bridgehead atoms. The Bertz CT molecular complexity index is 1130. The molecule has 0 aromatic heterocycles. The predicted octanol–water partition coefficient (Wildman–Crippen LogP) is 7.42. The largest absolute Gasteiger partial charge is 0.491 e. The van der Waals surface area contributed by atoms with E-state index < -0.39 is 0 Å². The standard InChI is InChI=1S/C32H41N3O2S/c1-3-5-20-36-21-22-37-30-15-13-28(14-16-30)29-8-6-7-27(23-29)10-9-26-11-17-31(18-12-26)38-24-32(34)35(25-33)19-4-2/h6-18,23,34H,3-5,19-22,24-25,33H2,1-2H3/b10-9+,34-32?. The van der Waals surface area contributed by atoms with Gasteiger partial charge in [-0.2, -0.15) is 0 Å². The van der Waals surface area contributed by atoms with E-state index >= 15 is 0 Å². The van der Waals surface area contributed by atoms with E-state index in [1.54, 1.807) is 11.8 Å². The number of nitrogens with zero attached hydrogens (tertiary/aromatic N) is 1. The summed E-state index contributed by atoms with van der Waals surface area (Å²) in [5.74, 6) is 2.07. The zero-order chi connectivity index (χ0) is 27.0. The maximum Gasteiger partial charge on any atom is 0.119 e. The molecule has 3 N–H and O–H groups in total. The van der Waals surface area contributed by atoms with Crippen molar-refractivity contribution in [2.24, 2.45) is 5.73 Å². The first-order valence-electron chi connectivity index (χ1n) is 13.5. The second-order valence-corrected chi connectivity index (χ2v) is 10.1. The van der Waals surface area contributed by atoms with Gasteiger partial charge in [0.05, 0.1) is 19.0 Å². The van der Waals surface area contributed by atoms with Crippen LogP contribution in [0.25, 0.3) is 23.3 Å². The normalized spacial score (nSPS) is 11.1.